The lowest BCUT2D eigenvalue weighted by Crippen LogP contribution is -2.65. The fraction of sp³-hybridized carbons (Fsp3) is 0.235. The molecule has 4 rings (SSSR count). The van der Waals surface area contributed by atoms with Crippen molar-refractivity contribution in [3.8, 4) is 5.75 Å². The van der Waals surface area contributed by atoms with Crippen LogP contribution in [-0.4, -0.2) is 11.8 Å². The van der Waals surface area contributed by atoms with Gasteiger partial charge in [-0.25, -0.2) is 4.79 Å². The zero-order chi connectivity index (χ0) is 15.3. The van der Waals surface area contributed by atoms with Crippen molar-refractivity contribution >= 4 is 23.3 Å². The van der Waals surface area contributed by atoms with Crippen LogP contribution in [0.1, 0.15) is 24.9 Å². The summed E-state index contributed by atoms with van der Waals surface area (Å²) in [5.41, 5.74) is 1.04. The van der Waals surface area contributed by atoms with E-state index in [1.54, 1.807) is 11.0 Å². The summed E-state index contributed by atoms with van der Waals surface area (Å²) in [6.45, 7) is 1.95. The van der Waals surface area contributed by atoms with Crippen molar-refractivity contribution in [2.45, 2.75) is 25.1 Å². The van der Waals surface area contributed by atoms with E-state index in [-0.39, 0.29) is 12.1 Å². The molecule has 2 amide bonds. The third-order valence-electron chi connectivity index (χ3n) is 4.25. The van der Waals surface area contributed by atoms with Crippen LogP contribution in [0.5, 0.6) is 5.75 Å². The van der Waals surface area contributed by atoms with Gasteiger partial charge in [-0.1, -0.05) is 29.8 Å². The largest absolute Gasteiger partial charge is 0.467 e. The molecule has 2 heterocycles. The molecule has 2 atom stereocenters. The number of benzene rings is 2. The SMILES string of the molecule is CC12CC(NC(=O)N1c1ccccc1)c1cc(Cl)ccc1O2. The summed E-state index contributed by atoms with van der Waals surface area (Å²) in [5, 5.41) is 3.70. The van der Waals surface area contributed by atoms with Crippen molar-refractivity contribution in [1.82, 2.24) is 5.32 Å². The van der Waals surface area contributed by atoms with Gasteiger partial charge in [-0.15, -0.1) is 0 Å². The van der Waals surface area contributed by atoms with Crippen LogP contribution in [0.4, 0.5) is 10.5 Å². The molecule has 1 fully saturated rings. The van der Waals surface area contributed by atoms with Crippen LogP contribution >= 0.6 is 11.6 Å². The normalized spacial score (nSPS) is 26.0. The van der Waals surface area contributed by atoms with Crippen LogP contribution in [0.3, 0.4) is 0 Å². The summed E-state index contributed by atoms with van der Waals surface area (Å²) in [4.78, 5) is 14.3. The van der Waals surface area contributed by atoms with Crippen molar-refractivity contribution in [3.63, 3.8) is 0 Å². The predicted octanol–water partition coefficient (Wildman–Crippen LogP) is 4.11. The van der Waals surface area contributed by atoms with E-state index in [9.17, 15) is 4.79 Å². The molecule has 2 aliphatic heterocycles. The number of carbonyl (C=O) groups is 1. The molecule has 1 N–H and O–H groups in total. The average Bonchev–Trinajstić information content (AvgIpc) is 2.48. The number of hydrogen-bond donors (Lipinski definition) is 1. The van der Waals surface area contributed by atoms with E-state index in [0.29, 0.717) is 11.4 Å². The number of urea groups is 1. The lowest BCUT2D eigenvalue weighted by molar-refractivity contribution is 0.0379. The average molecular weight is 315 g/mol. The van der Waals surface area contributed by atoms with E-state index >= 15 is 0 Å². The Bertz CT molecular complexity index is 750. The van der Waals surface area contributed by atoms with E-state index in [1.165, 1.54) is 0 Å². The summed E-state index contributed by atoms with van der Waals surface area (Å²) in [6, 6.07) is 14.9. The Morgan fingerprint density at radius 3 is 2.82 bits per heavy atom. The summed E-state index contributed by atoms with van der Waals surface area (Å²) >= 11 is 6.07. The molecule has 1 saturated heterocycles. The number of carbonyl (C=O) groups excluding carboxylic acids is 1. The number of anilines is 1. The van der Waals surface area contributed by atoms with E-state index < -0.39 is 5.72 Å². The molecule has 0 spiro atoms. The first-order valence-corrected chi connectivity index (χ1v) is 7.59. The van der Waals surface area contributed by atoms with E-state index in [2.05, 4.69) is 5.32 Å². The number of ether oxygens (including phenoxy) is 1. The molecule has 4 nitrogen and oxygen atoms in total. The molecule has 0 aliphatic carbocycles. The van der Waals surface area contributed by atoms with Crippen molar-refractivity contribution < 1.29 is 9.53 Å². The van der Waals surface area contributed by atoms with Gasteiger partial charge in [0.05, 0.1) is 6.04 Å². The predicted molar refractivity (Wildman–Crippen MR) is 85.3 cm³/mol. The Kier molecular flexibility index (Phi) is 2.84. The molecule has 2 unspecified atom stereocenters. The second-order valence-corrected chi connectivity index (χ2v) is 6.27. The molecular weight excluding hydrogens is 300 g/mol. The van der Waals surface area contributed by atoms with Crippen molar-refractivity contribution in [2.75, 3.05) is 4.90 Å². The Morgan fingerprint density at radius 2 is 2.05 bits per heavy atom. The van der Waals surface area contributed by atoms with E-state index in [0.717, 1.165) is 17.0 Å². The number of rotatable bonds is 1. The maximum Gasteiger partial charge on any atom is 0.325 e. The van der Waals surface area contributed by atoms with Crippen molar-refractivity contribution in [2.24, 2.45) is 0 Å². The Labute approximate surface area is 133 Å². The third-order valence-corrected chi connectivity index (χ3v) is 4.48. The molecule has 2 aromatic carbocycles. The molecule has 2 aliphatic rings. The van der Waals surface area contributed by atoms with Gasteiger partial charge >= 0.3 is 6.03 Å². The molecular formula is C17H15ClN2O2. The van der Waals surface area contributed by atoms with Crippen molar-refractivity contribution in [3.05, 3.63) is 59.1 Å². The minimum Gasteiger partial charge on any atom is -0.467 e. The maximum atomic E-state index is 12.6. The Balaban J connectivity index is 1.81. The minimum absolute atomic E-state index is 0.0834. The smallest absolute Gasteiger partial charge is 0.325 e. The van der Waals surface area contributed by atoms with Gasteiger partial charge in [0.15, 0.2) is 5.72 Å². The molecule has 5 heteroatoms. The maximum absolute atomic E-state index is 12.6. The third kappa shape index (κ3) is 1.95. The first-order chi connectivity index (χ1) is 10.6. The monoisotopic (exact) mass is 314 g/mol. The van der Waals surface area contributed by atoms with Crippen LogP contribution in [0.25, 0.3) is 0 Å². The van der Waals surface area contributed by atoms with Crippen LogP contribution in [-0.2, 0) is 0 Å². The molecule has 2 bridgehead atoms. The lowest BCUT2D eigenvalue weighted by atomic mass is 9.90. The van der Waals surface area contributed by atoms with Crippen molar-refractivity contribution in [1.29, 1.82) is 0 Å². The molecule has 112 valence electrons. The number of halogens is 1. The summed E-state index contributed by atoms with van der Waals surface area (Å²) in [5.74, 6) is 0.768. The number of amides is 2. The highest BCUT2D eigenvalue weighted by Gasteiger charge is 2.49. The lowest BCUT2D eigenvalue weighted by Gasteiger charge is -2.50. The fourth-order valence-corrected chi connectivity index (χ4v) is 3.49. The molecule has 2 aromatic rings. The van der Waals surface area contributed by atoms with Gasteiger partial charge in [-0.05, 0) is 37.3 Å². The first-order valence-electron chi connectivity index (χ1n) is 7.21. The second-order valence-electron chi connectivity index (χ2n) is 5.84. The molecule has 0 radical (unpaired) electrons. The molecule has 0 aromatic heterocycles. The fourth-order valence-electron chi connectivity index (χ4n) is 3.31. The highest BCUT2D eigenvalue weighted by atomic mass is 35.5. The summed E-state index contributed by atoms with van der Waals surface area (Å²) in [6.07, 6.45) is 0.668. The van der Waals surface area contributed by atoms with Crippen LogP contribution in [0.2, 0.25) is 5.02 Å². The highest BCUT2D eigenvalue weighted by molar-refractivity contribution is 6.30. The summed E-state index contributed by atoms with van der Waals surface area (Å²) < 4.78 is 6.19. The number of para-hydroxylation sites is 1. The standard InChI is InChI=1S/C17H15ClN2O2/c1-17-10-14(13-9-11(18)7-8-15(13)22-17)19-16(21)20(17)12-5-3-2-4-6-12/h2-9,14H,10H2,1H3,(H,19,21). The Hall–Kier alpha value is -2.20. The van der Waals surface area contributed by atoms with Gasteiger partial charge in [0, 0.05) is 22.7 Å². The zero-order valence-corrected chi connectivity index (χ0v) is 12.8. The minimum atomic E-state index is -0.713. The van der Waals surface area contributed by atoms with Crippen LogP contribution in [0, 0.1) is 0 Å². The summed E-state index contributed by atoms with van der Waals surface area (Å²) in [7, 11) is 0. The highest BCUT2D eigenvalue weighted by Crippen LogP contribution is 2.46. The van der Waals surface area contributed by atoms with E-state index in [1.807, 2.05) is 49.4 Å². The quantitative estimate of drug-likeness (QED) is 0.860. The molecule has 0 saturated carbocycles. The molecule has 22 heavy (non-hydrogen) atoms. The van der Waals surface area contributed by atoms with Gasteiger partial charge in [-0.2, -0.15) is 0 Å². The van der Waals surface area contributed by atoms with Gasteiger partial charge in [0.25, 0.3) is 0 Å². The topological polar surface area (TPSA) is 41.6 Å². The number of nitrogens with one attached hydrogen (secondary N) is 1. The number of fused-ring (bicyclic) bond motifs is 4. The van der Waals surface area contributed by atoms with E-state index in [4.69, 9.17) is 16.3 Å². The van der Waals surface area contributed by atoms with Crippen LogP contribution in [0.15, 0.2) is 48.5 Å². The van der Waals surface area contributed by atoms with Crippen LogP contribution < -0.4 is 15.0 Å². The van der Waals surface area contributed by atoms with Gasteiger partial charge in [-0.3, -0.25) is 4.90 Å². The van der Waals surface area contributed by atoms with Gasteiger partial charge < -0.3 is 10.1 Å². The zero-order valence-electron chi connectivity index (χ0n) is 12.0. The number of nitrogens with zero attached hydrogens (tertiary/aromatic N) is 1. The number of hydrogen-bond acceptors (Lipinski definition) is 2. The van der Waals surface area contributed by atoms with Gasteiger partial charge in [0.1, 0.15) is 5.75 Å². The van der Waals surface area contributed by atoms with Gasteiger partial charge in [0.2, 0.25) is 0 Å². The Morgan fingerprint density at radius 1 is 1.27 bits per heavy atom. The second kappa shape index (κ2) is 4.65. The first kappa shape index (κ1) is 13.5.